The highest BCUT2D eigenvalue weighted by atomic mass is 79.9. The van der Waals surface area contributed by atoms with E-state index in [2.05, 4.69) is 44.7 Å². The van der Waals surface area contributed by atoms with Gasteiger partial charge in [-0.2, -0.15) is 5.10 Å². The number of nitrogens with two attached hydrogens (primary N) is 1. The number of halogens is 1. The fourth-order valence-electron chi connectivity index (χ4n) is 2.89. The standard InChI is InChI=1S/C14H25BrN4/c1-18(2)8-9-19-14(12(15)10-17-19)11-6-4-3-5-7-13(11)16/h10-11,13H,3-9,16H2,1-2H3. The summed E-state index contributed by atoms with van der Waals surface area (Å²) in [5.41, 5.74) is 7.69. The summed E-state index contributed by atoms with van der Waals surface area (Å²) in [4.78, 5) is 2.19. The van der Waals surface area contributed by atoms with Crippen molar-refractivity contribution < 1.29 is 0 Å². The van der Waals surface area contributed by atoms with Gasteiger partial charge in [-0.15, -0.1) is 0 Å². The van der Waals surface area contributed by atoms with Gasteiger partial charge in [-0.1, -0.05) is 19.3 Å². The lowest BCUT2D eigenvalue weighted by Gasteiger charge is -2.23. The van der Waals surface area contributed by atoms with Gasteiger partial charge in [0, 0.05) is 18.5 Å². The van der Waals surface area contributed by atoms with Crippen LogP contribution in [-0.2, 0) is 6.54 Å². The molecular formula is C14H25BrN4. The average molecular weight is 329 g/mol. The summed E-state index contributed by atoms with van der Waals surface area (Å²) >= 11 is 3.66. The second-order valence-electron chi connectivity index (χ2n) is 5.81. The summed E-state index contributed by atoms with van der Waals surface area (Å²) in [5.74, 6) is 0.446. The first-order valence-electron chi connectivity index (χ1n) is 7.21. The van der Waals surface area contributed by atoms with Crippen LogP contribution < -0.4 is 5.73 Å². The third kappa shape index (κ3) is 3.80. The number of aromatic nitrogens is 2. The van der Waals surface area contributed by atoms with E-state index >= 15 is 0 Å². The van der Waals surface area contributed by atoms with Crippen LogP contribution in [-0.4, -0.2) is 41.4 Å². The van der Waals surface area contributed by atoms with Crippen LogP contribution in [0.2, 0.25) is 0 Å². The third-order valence-corrected chi connectivity index (χ3v) is 4.62. The largest absolute Gasteiger partial charge is 0.327 e. The van der Waals surface area contributed by atoms with Crippen molar-refractivity contribution in [3.63, 3.8) is 0 Å². The number of rotatable bonds is 4. The summed E-state index contributed by atoms with van der Waals surface area (Å²) in [6.07, 6.45) is 8.10. The number of hydrogen-bond donors (Lipinski definition) is 1. The monoisotopic (exact) mass is 328 g/mol. The second kappa shape index (κ2) is 6.86. The van der Waals surface area contributed by atoms with E-state index in [1.54, 1.807) is 0 Å². The Labute approximate surface area is 124 Å². The molecule has 2 atom stereocenters. The molecule has 1 aliphatic carbocycles. The molecule has 2 rings (SSSR count). The Bertz CT molecular complexity index is 402. The topological polar surface area (TPSA) is 47.1 Å². The van der Waals surface area contributed by atoms with Gasteiger partial charge in [0.1, 0.15) is 0 Å². The first-order chi connectivity index (χ1) is 9.09. The molecule has 1 aromatic heterocycles. The van der Waals surface area contributed by atoms with Gasteiger partial charge in [0.15, 0.2) is 0 Å². The van der Waals surface area contributed by atoms with Crippen molar-refractivity contribution in [1.82, 2.24) is 14.7 Å². The molecule has 1 aliphatic rings. The molecule has 19 heavy (non-hydrogen) atoms. The molecule has 5 heteroatoms. The molecule has 2 N–H and O–H groups in total. The molecule has 1 saturated carbocycles. The summed E-state index contributed by atoms with van der Waals surface area (Å²) in [7, 11) is 4.19. The zero-order valence-corrected chi connectivity index (χ0v) is 13.6. The van der Waals surface area contributed by atoms with Crippen molar-refractivity contribution in [2.45, 2.75) is 50.6 Å². The van der Waals surface area contributed by atoms with Crippen molar-refractivity contribution in [3.05, 3.63) is 16.4 Å². The SMILES string of the molecule is CN(C)CCn1ncc(Br)c1C1CCCCCC1N. The Morgan fingerprint density at radius 1 is 1.37 bits per heavy atom. The first kappa shape index (κ1) is 15.0. The maximum Gasteiger partial charge on any atom is 0.0635 e. The smallest absolute Gasteiger partial charge is 0.0635 e. The zero-order valence-electron chi connectivity index (χ0n) is 12.0. The molecule has 4 nitrogen and oxygen atoms in total. The first-order valence-corrected chi connectivity index (χ1v) is 8.00. The summed E-state index contributed by atoms with van der Waals surface area (Å²) in [5, 5.41) is 4.52. The molecule has 1 fully saturated rings. The lowest BCUT2D eigenvalue weighted by atomic mass is 9.92. The van der Waals surface area contributed by atoms with Gasteiger partial charge in [-0.3, -0.25) is 4.68 Å². The van der Waals surface area contributed by atoms with Gasteiger partial charge in [-0.25, -0.2) is 0 Å². The van der Waals surface area contributed by atoms with Crippen LogP contribution >= 0.6 is 15.9 Å². The highest BCUT2D eigenvalue weighted by Crippen LogP contribution is 2.34. The van der Waals surface area contributed by atoms with E-state index in [0.717, 1.165) is 24.0 Å². The Balaban J connectivity index is 2.19. The van der Waals surface area contributed by atoms with Crippen LogP contribution in [0.5, 0.6) is 0 Å². The molecule has 0 aliphatic heterocycles. The Hall–Kier alpha value is -0.390. The van der Waals surface area contributed by atoms with E-state index in [0.29, 0.717) is 5.92 Å². The van der Waals surface area contributed by atoms with Crippen molar-refractivity contribution >= 4 is 15.9 Å². The maximum absolute atomic E-state index is 6.39. The third-order valence-electron chi connectivity index (χ3n) is 4.01. The van der Waals surface area contributed by atoms with Crippen LogP contribution in [0.15, 0.2) is 10.7 Å². The maximum atomic E-state index is 6.39. The van der Waals surface area contributed by atoms with E-state index < -0.39 is 0 Å². The Morgan fingerprint density at radius 2 is 2.11 bits per heavy atom. The van der Waals surface area contributed by atoms with Crippen LogP contribution in [0.25, 0.3) is 0 Å². The van der Waals surface area contributed by atoms with Crippen LogP contribution in [0, 0.1) is 0 Å². The summed E-state index contributed by atoms with van der Waals surface area (Å²) in [6, 6.07) is 0.272. The van der Waals surface area contributed by atoms with Crippen molar-refractivity contribution in [2.24, 2.45) is 5.73 Å². The van der Waals surface area contributed by atoms with Crippen molar-refractivity contribution in [1.29, 1.82) is 0 Å². The van der Waals surface area contributed by atoms with Gasteiger partial charge < -0.3 is 10.6 Å². The fraction of sp³-hybridized carbons (Fsp3) is 0.786. The van der Waals surface area contributed by atoms with Crippen LogP contribution in [0.3, 0.4) is 0 Å². The predicted molar refractivity (Wildman–Crippen MR) is 82.3 cm³/mol. The molecule has 0 spiro atoms. The molecule has 1 heterocycles. The van der Waals surface area contributed by atoms with Crippen LogP contribution in [0.1, 0.15) is 43.7 Å². The van der Waals surface area contributed by atoms with Gasteiger partial charge in [-0.05, 0) is 42.9 Å². The van der Waals surface area contributed by atoms with E-state index in [1.807, 2.05) is 6.20 Å². The fourth-order valence-corrected chi connectivity index (χ4v) is 3.48. The minimum Gasteiger partial charge on any atom is -0.327 e. The molecule has 0 amide bonds. The van der Waals surface area contributed by atoms with Gasteiger partial charge in [0.2, 0.25) is 0 Å². The van der Waals surface area contributed by atoms with Gasteiger partial charge in [0.05, 0.1) is 22.9 Å². The summed E-state index contributed by atoms with van der Waals surface area (Å²) in [6.45, 7) is 1.93. The lowest BCUT2D eigenvalue weighted by molar-refractivity contribution is 0.360. The molecule has 0 aromatic carbocycles. The van der Waals surface area contributed by atoms with E-state index in [4.69, 9.17) is 5.73 Å². The van der Waals surface area contributed by atoms with Gasteiger partial charge >= 0.3 is 0 Å². The second-order valence-corrected chi connectivity index (χ2v) is 6.67. The highest BCUT2D eigenvalue weighted by molar-refractivity contribution is 9.10. The molecule has 108 valence electrons. The zero-order chi connectivity index (χ0) is 13.8. The van der Waals surface area contributed by atoms with Crippen LogP contribution in [0.4, 0.5) is 0 Å². The molecular weight excluding hydrogens is 304 g/mol. The van der Waals surface area contributed by atoms with Gasteiger partial charge in [0.25, 0.3) is 0 Å². The normalized spacial score (nSPS) is 24.7. The lowest BCUT2D eigenvalue weighted by Crippen LogP contribution is -2.30. The minimum absolute atomic E-state index is 0.272. The molecule has 1 aromatic rings. The minimum atomic E-state index is 0.272. The molecule has 0 bridgehead atoms. The Morgan fingerprint density at radius 3 is 2.84 bits per heavy atom. The number of hydrogen-bond acceptors (Lipinski definition) is 3. The number of likely N-dealkylation sites (N-methyl/N-ethyl adjacent to an activating group) is 1. The predicted octanol–water partition coefficient (Wildman–Crippen LogP) is 2.58. The Kier molecular flexibility index (Phi) is 5.42. The average Bonchev–Trinajstić information content (AvgIpc) is 2.58. The molecule has 2 unspecified atom stereocenters. The van der Waals surface area contributed by atoms with Crippen molar-refractivity contribution in [2.75, 3.05) is 20.6 Å². The summed E-state index contributed by atoms with van der Waals surface area (Å²) < 4.78 is 3.26. The molecule has 0 saturated heterocycles. The highest BCUT2D eigenvalue weighted by Gasteiger charge is 2.27. The van der Waals surface area contributed by atoms with Crippen molar-refractivity contribution in [3.8, 4) is 0 Å². The quantitative estimate of drug-likeness (QED) is 0.864. The van der Waals surface area contributed by atoms with E-state index in [-0.39, 0.29) is 6.04 Å². The molecule has 0 radical (unpaired) electrons. The number of nitrogens with zero attached hydrogens (tertiary/aromatic N) is 3. The van der Waals surface area contributed by atoms with E-state index in [9.17, 15) is 0 Å². The van der Waals surface area contributed by atoms with E-state index in [1.165, 1.54) is 31.4 Å².